The van der Waals surface area contributed by atoms with E-state index in [-0.39, 0.29) is 5.54 Å². The maximum Gasteiger partial charge on any atom is 0.130 e. The SMILES string of the molecule is CCCc1cc(NC(C)(C)C2CC2)ncn1. The van der Waals surface area contributed by atoms with E-state index >= 15 is 0 Å². The van der Waals surface area contributed by atoms with Crippen molar-refractivity contribution in [2.75, 3.05) is 5.32 Å². The number of hydrogen-bond acceptors (Lipinski definition) is 3. The Morgan fingerprint density at radius 2 is 2.12 bits per heavy atom. The van der Waals surface area contributed by atoms with Gasteiger partial charge >= 0.3 is 0 Å². The standard InChI is InChI=1S/C13H21N3/c1-4-5-11-8-12(15-9-14-11)16-13(2,3)10-6-7-10/h8-10H,4-7H2,1-3H3,(H,14,15,16). The van der Waals surface area contributed by atoms with E-state index in [0.717, 1.165) is 30.3 Å². The predicted octanol–water partition coefficient (Wildman–Crippen LogP) is 3.03. The monoisotopic (exact) mass is 219 g/mol. The van der Waals surface area contributed by atoms with E-state index in [4.69, 9.17) is 0 Å². The third-order valence-corrected chi connectivity index (χ3v) is 3.28. The highest BCUT2D eigenvalue weighted by Crippen LogP contribution is 2.40. The number of nitrogens with one attached hydrogen (secondary N) is 1. The maximum absolute atomic E-state index is 4.29. The van der Waals surface area contributed by atoms with Gasteiger partial charge in [0.2, 0.25) is 0 Å². The highest BCUT2D eigenvalue weighted by atomic mass is 15.1. The Kier molecular flexibility index (Phi) is 3.13. The predicted molar refractivity (Wildman–Crippen MR) is 66.5 cm³/mol. The van der Waals surface area contributed by atoms with Gasteiger partial charge in [0, 0.05) is 17.3 Å². The summed E-state index contributed by atoms with van der Waals surface area (Å²) in [4.78, 5) is 8.56. The number of nitrogens with zero attached hydrogens (tertiary/aromatic N) is 2. The van der Waals surface area contributed by atoms with Gasteiger partial charge in [0.1, 0.15) is 12.1 Å². The summed E-state index contributed by atoms with van der Waals surface area (Å²) < 4.78 is 0. The highest BCUT2D eigenvalue weighted by molar-refractivity contribution is 5.38. The second kappa shape index (κ2) is 4.40. The molecule has 0 atom stereocenters. The fraction of sp³-hybridized carbons (Fsp3) is 0.692. The van der Waals surface area contributed by atoms with Crippen LogP contribution in [0.5, 0.6) is 0 Å². The molecule has 0 saturated heterocycles. The van der Waals surface area contributed by atoms with E-state index < -0.39 is 0 Å². The Labute approximate surface area is 97.7 Å². The van der Waals surface area contributed by atoms with Crippen molar-refractivity contribution in [1.29, 1.82) is 0 Å². The quantitative estimate of drug-likeness (QED) is 0.827. The molecule has 1 aliphatic rings. The summed E-state index contributed by atoms with van der Waals surface area (Å²) >= 11 is 0. The van der Waals surface area contributed by atoms with Crippen molar-refractivity contribution in [3.05, 3.63) is 18.1 Å². The number of aryl methyl sites for hydroxylation is 1. The van der Waals surface area contributed by atoms with Crippen LogP contribution >= 0.6 is 0 Å². The van der Waals surface area contributed by atoms with Crippen LogP contribution in [-0.2, 0) is 6.42 Å². The smallest absolute Gasteiger partial charge is 0.130 e. The van der Waals surface area contributed by atoms with Crippen LogP contribution in [0.15, 0.2) is 12.4 Å². The summed E-state index contributed by atoms with van der Waals surface area (Å²) in [6.45, 7) is 6.68. The van der Waals surface area contributed by atoms with Crippen LogP contribution in [0, 0.1) is 5.92 Å². The van der Waals surface area contributed by atoms with Crippen molar-refractivity contribution in [2.24, 2.45) is 5.92 Å². The minimum absolute atomic E-state index is 0.165. The molecule has 1 aliphatic carbocycles. The maximum atomic E-state index is 4.29. The van der Waals surface area contributed by atoms with Gasteiger partial charge in [-0.1, -0.05) is 13.3 Å². The molecular formula is C13H21N3. The minimum Gasteiger partial charge on any atom is -0.365 e. The van der Waals surface area contributed by atoms with Crippen molar-refractivity contribution in [1.82, 2.24) is 9.97 Å². The van der Waals surface area contributed by atoms with Crippen molar-refractivity contribution in [3.63, 3.8) is 0 Å². The number of anilines is 1. The summed E-state index contributed by atoms with van der Waals surface area (Å²) in [6, 6.07) is 2.08. The molecule has 0 amide bonds. The van der Waals surface area contributed by atoms with Crippen LogP contribution < -0.4 is 5.32 Å². The van der Waals surface area contributed by atoms with Crippen LogP contribution in [-0.4, -0.2) is 15.5 Å². The van der Waals surface area contributed by atoms with Crippen molar-refractivity contribution < 1.29 is 0 Å². The van der Waals surface area contributed by atoms with Crippen LogP contribution in [0.2, 0.25) is 0 Å². The molecule has 1 fully saturated rings. The largest absolute Gasteiger partial charge is 0.365 e. The molecule has 3 heteroatoms. The van der Waals surface area contributed by atoms with Gasteiger partial charge in [-0.05, 0) is 39.0 Å². The molecule has 0 radical (unpaired) electrons. The van der Waals surface area contributed by atoms with E-state index in [1.54, 1.807) is 6.33 Å². The molecule has 1 N–H and O–H groups in total. The fourth-order valence-corrected chi connectivity index (χ4v) is 2.10. The second-order valence-corrected chi connectivity index (χ2v) is 5.27. The molecule has 0 bridgehead atoms. The van der Waals surface area contributed by atoms with Crippen molar-refractivity contribution >= 4 is 5.82 Å². The lowest BCUT2D eigenvalue weighted by Gasteiger charge is -2.26. The van der Waals surface area contributed by atoms with E-state index in [9.17, 15) is 0 Å². The first-order chi connectivity index (χ1) is 7.62. The number of rotatable bonds is 5. The lowest BCUT2D eigenvalue weighted by molar-refractivity contribution is 0.492. The minimum atomic E-state index is 0.165. The molecule has 0 unspecified atom stereocenters. The zero-order chi connectivity index (χ0) is 11.6. The van der Waals surface area contributed by atoms with Crippen molar-refractivity contribution in [2.45, 2.75) is 52.0 Å². The van der Waals surface area contributed by atoms with Gasteiger partial charge in [0.05, 0.1) is 0 Å². The first-order valence-corrected chi connectivity index (χ1v) is 6.21. The molecular weight excluding hydrogens is 198 g/mol. The molecule has 2 rings (SSSR count). The first-order valence-electron chi connectivity index (χ1n) is 6.21. The molecule has 0 aromatic carbocycles. The summed E-state index contributed by atoms with van der Waals surface area (Å²) in [5, 5.41) is 3.53. The van der Waals surface area contributed by atoms with E-state index in [0.29, 0.717) is 0 Å². The third-order valence-electron chi connectivity index (χ3n) is 3.28. The van der Waals surface area contributed by atoms with Crippen LogP contribution in [0.1, 0.15) is 45.7 Å². The topological polar surface area (TPSA) is 37.8 Å². The second-order valence-electron chi connectivity index (χ2n) is 5.27. The molecule has 1 aromatic rings. The van der Waals surface area contributed by atoms with Gasteiger partial charge in [-0.15, -0.1) is 0 Å². The summed E-state index contributed by atoms with van der Waals surface area (Å²) in [6.07, 6.45) is 6.50. The van der Waals surface area contributed by atoms with Gasteiger partial charge in [0.15, 0.2) is 0 Å². The average Bonchev–Trinajstić information content (AvgIpc) is 3.01. The molecule has 1 heterocycles. The Morgan fingerprint density at radius 1 is 1.38 bits per heavy atom. The Hall–Kier alpha value is -1.12. The summed E-state index contributed by atoms with van der Waals surface area (Å²) in [7, 11) is 0. The third kappa shape index (κ3) is 2.71. The Morgan fingerprint density at radius 3 is 2.75 bits per heavy atom. The van der Waals surface area contributed by atoms with Gasteiger partial charge in [-0.2, -0.15) is 0 Å². The number of hydrogen-bond donors (Lipinski definition) is 1. The van der Waals surface area contributed by atoms with Crippen LogP contribution in [0.4, 0.5) is 5.82 Å². The lowest BCUT2D eigenvalue weighted by atomic mass is 9.99. The summed E-state index contributed by atoms with van der Waals surface area (Å²) in [5.74, 6) is 1.77. The summed E-state index contributed by atoms with van der Waals surface area (Å²) in [5.41, 5.74) is 1.30. The Bertz CT molecular complexity index is 356. The van der Waals surface area contributed by atoms with Gasteiger partial charge < -0.3 is 5.32 Å². The molecule has 0 spiro atoms. The molecule has 3 nitrogen and oxygen atoms in total. The fourth-order valence-electron chi connectivity index (χ4n) is 2.10. The van der Waals surface area contributed by atoms with Crippen LogP contribution in [0.3, 0.4) is 0 Å². The first kappa shape index (κ1) is 11.4. The average molecular weight is 219 g/mol. The number of aromatic nitrogens is 2. The van der Waals surface area contributed by atoms with Gasteiger partial charge in [0.25, 0.3) is 0 Å². The Balaban J connectivity index is 2.05. The van der Waals surface area contributed by atoms with Gasteiger partial charge in [-0.3, -0.25) is 0 Å². The highest BCUT2D eigenvalue weighted by Gasteiger charge is 2.37. The van der Waals surface area contributed by atoms with Crippen molar-refractivity contribution in [3.8, 4) is 0 Å². The molecule has 88 valence electrons. The lowest BCUT2D eigenvalue weighted by Crippen LogP contribution is -2.33. The molecule has 16 heavy (non-hydrogen) atoms. The van der Waals surface area contributed by atoms with E-state index in [1.165, 1.54) is 12.8 Å². The van der Waals surface area contributed by atoms with E-state index in [1.807, 2.05) is 0 Å². The normalized spacial score (nSPS) is 16.2. The van der Waals surface area contributed by atoms with Gasteiger partial charge in [-0.25, -0.2) is 9.97 Å². The molecule has 0 aliphatic heterocycles. The van der Waals surface area contributed by atoms with Crippen LogP contribution in [0.25, 0.3) is 0 Å². The molecule has 1 aromatic heterocycles. The zero-order valence-electron chi connectivity index (χ0n) is 10.5. The molecule has 1 saturated carbocycles. The van der Waals surface area contributed by atoms with E-state index in [2.05, 4.69) is 42.1 Å². The zero-order valence-corrected chi connectivity index (χ0v) is 10.5.